The average Bonchev–Trinajstić information content (AvgIpc) is 2.80. The Labute approximate surface area is 93.1 Å². The first-order valence-corrected chi connectivity index (χ1v) is 6.25. The summed E-state index contributed by atoms with van der Waals surface area (Å²) in [4.78, 5) is 4.42. The highest BCUT2D eigenvalue weighted by atomic mass is 32.1. The van der Waals surface area contributed by atoms with Crippen LogP contribution in [0.3, 0.4) is 0 Å². The molecule has 0 spiro atoms. The van der Waals surface area contributed by atoms with Crippen LogP contribution in [0.4, 0.5) is 0 Å². The molecule has 3 rings (SSSR count). The third-order valence-corrected chi connectivity index (χ3v) is 4.02. The molecule has 1 fully saturated rings. The van der Waals surface area contributed by atoms with Crippen LogP contribution in [0.2, 0.25) is 0 Å². The van der Waals surface area contributed by atoms with Crippen LogP contribution in [0.5, 0.6) is 0 Å². The zero-order chi connectivity index (χ0) is 10.3. The molecule has 78 valence electrons. The van der Waals surface area contributed by atoms with E-state index in [0.717, 1.165) is 12.8 Å². The van der Waals surface area contributed by atoms with E-state index in [4.69, 9.17) is 5.73 Å². The van der Waals surface area contributed by atoms with Crippen LogP contribution >= 0.6 is 11.3 Å². The van der Waals surface area contributed by atoms with E-state index in [1.807, 2.05) is 5.51 Å². The Morgan fingerprint density at radius 2 is 2.27 bits per heavy atom. The van der Waals surface area contributed by atoms with Gasteiger partial charge in [-0.25, -0.2) is 4.98 Å². The molecule has 1 saturated carbocycles. The summed E-state index contributed by atoms with van der Waals surface area (Å²) in [5.41, 5.74) is 10.7. The van der Waals surface area contributed by atoms with Gasteiger partial charge in [-0.2, -0.15) is 0 Å². The molecular formula is C12H14N2S. The van der Waals surface area contributed by atoms with E-state index in [-0.39, 0.29) is 5.54 Å². The summed E-state index contributed by atoms with van der Waals surface area (Å²) in [6.07, 6.45) is 4.56. The van der Waals surface area contributed by atoms with Crippen molar-refractivity contribution in [1.29, 1.82) is 0 Å². The van der Waals surface area contributed by atoms with E-state index in [1.54, 1.807) is 11.3 Å². The fraction of sp³-hybridized carbons (Fsp3) is 0.417. The van der Waals surface area contributed by atoms with Gasteiger partial charge in [0.05, 0.1) is 15.7 Å². The maximum absolute atomic E-state index is 6.10. The minimum absolute atomic E-state index is 0.151. The van der Waals surface area contributed by atoms with E-state index in [9.17, 15) is 0 Å². The van der Waals surface area contributed by atoms with Gasteiger partial charge in [-0.05, 0) is 37.3 Å². The molecule has 0 amide bonds. The van der Waals surface area contributed by atoms with E-state index in [1.165, 1.54) is 28.6 Å². The van der Waals surface area contributed by atoms with Crippen molar-refractivity contribution in [1.82, 2.24) is 4.98 Å². The number of aryl methyl sites for hydroxylation is 1. The lowest BCUT2D eigenvalue weighted by Crippen LogP contribution is -2.22. The van der Waals surface area contributed by atoms with Crippen molar-refractivity contribution in [3.05, 3.63) is 29.3 Å². The van der Waals surface area contributed by atoms with Gasteiger partial charge in [0.15, 0.2) is 0 Å². The Bertz CT molecular complexity index is 485. The summed E-state index contributed by atoms with van der Waals surface area (Å²) in [5, 5.41) is 0. The standard InChI is InChI=1S/C12H14N2S/c13-12(6-7-12)5-4-9-2-1-3-10-11(9)14-8-15-10/h1-3,8H,4-7,13H2. The molecule has 1 aromatic carbocycles. The number of thiazole rings is 1. The maximum atomic E-state index is 6.10. The molecule has 1 aliphatic rings. The number of rotatable bonds is 3. The molecule has 1 aliphatic carbocycles. The number of hydrogen-bond donors (Lipinski definition) is 1. The molecule has 0 radical (unpaired) electrons. The summed E-state index contributed by atoms with van der Waals surface area (Å²) in [5.74, 6) is 0. The van der Waals surface area contributed by atoms with Crippen molar-refractivity contribution in [2.45, 2.75) is 31.2 Å². The number of aromatic nitrogens is 1. The van der Waals surface area contributed by atoms with Crippen molar-refractivity contribution < 1.29 is 0 Å². The zero-order valence-corrected chi connectivity index (χ0v) is 9.39. The molecule has 0 saturated heterocycles. The van der Waals surface area contributed by atoms with Crippen molar-refractivity contribution in [3.8, 4) is 0 Å². The van der Waals surface area contributed by atoms with Gasteiger partial charge in [0.25, 0.3) is 0 Å². The van der Waals surface area contributed by atoms with Gasteiger partial charge in [-0.1, -0.05) is 12.1 Å². The molecule has 3 heteroatoms. The van der Waals surface area contributed by atoms with Crippen LogP contribution in [0, 0.1) is 0 Å². The van der Waals surface area contributed by atoms with Crippen LogP contribution in [0.1, 0.15) is 24.8 Å². The first-order chi connectivity index (χ1) is 7.27. The van der Waals surface area contributed by atoms with E-state index < -0.39 is 0 Å². The van der Waals surface area contributed by atoms with Crippen molar-refractivity contribution in [2.24, 2.45) is 5.73 Å². The third-order valence-electron chi connectivity index (χ3n) is 3.23. The Morgan fingerprint density at radius 3 is 3.07 bits per heavy atom. The normalized spacial score (nSPS) is 18.2. The Balaban J connectivity index is 1.86. The quantitative estimate of drug-likeness (QED) is 0.860. The smallest absolute Gasteiger partial charge is 0.0843 e. The fourth-order valence-corrected chi connectivity index (χ4v) is 2.67. The van der Waals surface area contributed by atoms with E-state index in [0.29, 0.717) is 0 Å². The lowest BCUT2D eigenvalue weighted by atomic mass is 10.0. The number of nitrogens with zero attached hydrogens (tertiary/aromatic N) is 1. The predicted octanol–water partition coefficient (Wildman–Crippen LogP) is 2.72. The van der Waals surface area contributed by atoms with Crippen LogP contribution in [-0.4, -0.2) is 10.5 Å². The number of hydrogen-bond acceptors (Lipinski definition) is 3. The molecule has 0 bridgehead atoms. The van der Waals surface area contributed by atoms with Gasteiger partial charge in [0, 0.05) is 5.54 Å². The van der Waals surface area contributed by atoms with Crippen LogP contribution < -0.4 is 5.73 Å². The average molecular weight is 218 g/mol. The lowest BCUT2D eigenvalue weighted by Gasteiger charge is -2.08. The van der Waals surface area contributed by atoms with Crippen LogP contribution in [0.25, 0.3) is 10.2 Å². The van der Waals surface area contributed by atoms with E-state index >= 15 is 0 Å². The molecule has 1 heterocycles. The summed E-state index contributed by atoms with van der Waals surface area (Å²) < 4.78 is 1.29. The number of para-hydroxylation sites is 1. The minimum atomic E-state index is 0.151. The molecular weight excluding hydrogens is 204 g/mol. The highest BCUT2D eigenvalue weighted by molar-refractivity contribution is 7.16. The monoisotopic (exact) mass is 218 g/mol. The van der Waals surface area contributed by atoms with Gasteiger partial charge in [-0.15, -0.1) is 11.3 Å². The lowest BCUT2D eigenvalue weighted by molar-refractivity contribution is 0.610. The predicted molar refractivity (Wildman–Crippen MR) is 64.1 cm³/mol. The zero-order valence-electron chi connectivity index (χ0n) is 8.57. The van der Waals surface area contributed by atoms with Crippen LogP contribution in [-0.2, 0) is 6.42 Å². The Morgan fingerprint density at radius 1 is 1.40 bits per heavy atom. The minimum Gasteiger partial charge on any atom is -0.325 e. The van der Waals surface area contributed by atoms with Gasteiger partial charge in [-0.3, -0.25) is 0 Å². The molecule has 15 heavy (non-hydrogen) atoms. The summed E-state index contributed by atoms with van der Waals surface area (Å²) in [6, 6.07) is 6.42. The molecule has 0 atom stereocenters. The van der Waals surface area contributed by atoms with Crippen molar-refractivity contribution >= 4 is 21.6 Å². The summed E-state index contributed by atoms with van der Waals surface area (Å²) in [7, 11) is 0. The number of nitrogens with two attached hydrogens (primary N) is 1. The second kappa shape index (κ2) is 3.29. The van der Waals surface area contributed by atoms with Gasteiger partial charge in [0.2, 0.25) is 0 Å². The molecule has 2 nitrogen and oxygen atoms in total. The molecule has 2 N–H and O–H groups in total. The van der Waals surface area contributed by atoms with E-state index in [2.05, 4.69) is 23.2 Å². The largest absolute Gasteiger partial charge is 0.325 e. The SMILES string of the molecule is NC1(CCc2cccc3scnc23)CC1. The van der Waals surface area contributed by atoms with Crippen LogP contribution in [0.15, 0.2) is 23.7 Å². The summed E-state index contributed by atoms with van der Waals surface area (Å²) in [6.45, 7) is 0. The molecule has 0 aliphatic heterocycles. The molecule has 0 unspecified atom stereocenters. The first kappa shape index (κ1) is 9.31. The molecule has 1 aromatic heterocycles. The topological polar surface area (TPSA) is 38.9 Å². The number of fused-ring (bicyclic) bond motifs is 1. The Kier molecular flexibility index (Phi) is 2.04. The first-order valence-electron chi connectivity index (χ1n) is 5.37. The Hall–Kier alpha value is -0.930. The number of benzene rings is 1. The van der Waals surface area contributed by atoms with Gasteiger partial charge >= 0.3 is 0 Å². The van der Waals surface area contributed by atoms with Gasteiger partial charge in [0.1, 0.15) is 0 Å². The van der Waals surface area contributed by atoms with Crippen molar-refractivity contribution in [2.75, 3.05) is 0 Å². The molecule has 2 aromatic rings. The fourth-order valence-electron chi connectivity index (χ4n) is 1.94. The maximum Gasteiger partial charge on any atom is 0.0843 e. The second-order valence-corrected chi connectivity index (χ2v) is 5.36. The van der Waals surface area contributed by atoms with Gasteiger partial charge < -0.3 is 5.73 Å². The second-order valence-electron chi connectivity index (χ2n) is 4.48. The highest BCUT2D eigenvalue weighted by Gasteiger charge is 2.37. The summed E-state index contributed by atoms with van der Waals surface area (Å²) >= 11 is 1.71. The van der Waals surface area contributed by atoms with Crippen molar-refractivity contribution in [3.63, 3.8) is 0 Å². The highest BCUT2D eigenvalue weighted by Crippen LogP contribution is 2.37. The third kappa shape index (κ3) is 1.77.